The van der Waals surface area contributed by atoms with Crippen LogP contribution in [-0.4, -0.2) is 24.5 Å². The van der Waals surface area contributed by atoms with E-state index in [0.29, 0.717) is 10.2 Å². The summed E-state index contributed by atoms with van der Waals surface area (Å²) in [4.78, 5) is 13.7. The van der Waals surface area contributed by atoms with E-state index in [2.05, 4.69) is 41.6 Å². The van der Waals surface area contributed by atoms with Gasteiger partial charge in [-0.05, 0) is 47.1 Å². The van der Waals surface area contributed by atoms with Gasteiger partial charge in [0.05, 0.1) is 5.69 Å². The van der Waals surface area contributed by atoms with Crippen LogP contribution in [0.1, 0.15) is 16.2 Å². The first-order valence-electron chi connectivity index (χ1n) is 5.61. The first kappa shape index (κ1) is 16.1. The molecule has 0 spiro atoms. The number of anilines is 1. The molecular weight excluding hydrogens is 428 g/mol. The molecule has 0 saturated heterocycles. The molecule has 1 aromatic heterocycles. The molecule has 3 N–H and O–H groups in total. The van der Waals surface area contributed by atoms with Gasteiger partial charge in [0.25, 0.3) is 10.0 Å². The average Bonchev–Trinajstić information content (AvgIpc) is 2.68. The second-order valence-corrected chi connectivity index (χ2v) is 7.65. The molecule has 0 bridgehead atoms. The highest BCUT2D eigenvalue weighted by Crippen LogP contribution is 2.28. The number of carbonyl (C=O) groups is 1. The molecule has 9 heteroatoms. The van der Waals surface area contributed by atoms with E-state index in [-0.39, 0.29) is 16.3 Å². The number of carboxylic acids is 1. The lowest BCUT2D eigenvalue weighted by Gasteiger charge is -2.09. The predicted molar refractivity (Wildman–Crippen MR) is 85.1 cm³/mol. The standard InChI is InChI=1S/C12H10Br2N2O4S/c1-6-4-9(11(15-6)12(17)18)16-21(19,20)10-3-2-7(13)5-8(10)14/h2-5,15-16H,1H3,(H,17,18). The second kappa shape index (κ2) is 5.82. The van der Waals surface area contributed by atoms with E-state index >= 15 is 0 Å². The molecular formula is C12H10Br2N2O4S. The van der Waals surface area contributed by atoms with Crippen molar-refractivity contribution in [2.24, 2.45) is 0 Å². The topological polar surface area (TPSA) is 99.3 Å². The number of sulfonamides is 1. The van der Waals surface area contributed by atoms with Crippen LogP contribution >= 0.6 is 31.9 Å². The van der Waals surface area contributed by atoms with Crippen molar-refractivity contribution < 1.29 is 18.3 Å². The first-order chi connectivity index (χ1) is 9.70. The van der Waals surface area contributed by atoms with Gasteiger partial charge in [0, 0.05) is 14.6 Å². The number of carboxylic acid groups (broad SMARTS) is 1. The maximum absolute atomic E-state index is 12.4. The van der Waals surface area contributed by atoms with Crippen molar-refractivity contribution in [1.29, 1.82) is 0 Å². The third kappa shape index (κ3) is 3.47. The summed E-state index contributed by atoms with van der Waals surface area (Å²) in [6, 6.07) is 6.01. The minimum absolute atomic E-state index is 0.00480. The van der Waals surface area contributed by atoms with Gasteiger partial charge in [-0.25, -0.2) is 13.2 Å². The molecule has 6 nitrogen and oxygen atoms in total. The minimum atomic E-state index is -3.90. The Balaban J connectivity index is 2.45. The Bertz CT molecular complexity index is 815. The highest BCUT2D eigenvalue weighted by atomic mass is 79.9. The molecule has 0 amide bonds. The number of aromatic carboxylic acids is 1. The highest BCUT2D eigenvalue weighted by Gasteiger charge is 2.22. The number of aryl methyl sites for hydroxylation is 1. The quantitative estimate of drug-likeness (QED) is 0.682. The maximum atomic E-state index is 12.4. The van der Waals surface area contributed by atoms with Crippen LogP contribution in [-0.2, 0) is 10.0 Å². The van der Waals surface area contributed by atoms with Crippen molar-refractivity contribution in [3.8, 4) is 0 Å². The normalized spacial score (nSPS) is 11.4. The molecule has 0 atom stereocenters. The number of nitrogens with one attached hydrogen (secondary N) is 2. The summed E-state index contributed by atoms with van der Waals surface area (Å²) in [7, 11) is -3.90. The van der Waals surface area contributed by atoms with Gasteiger partial charge in [0.2, 0.25) is 0 Å². The van der Waals surface area contributed by atoms with Crippen molar-refractivity contribution in [1.82, 2.24) is 4.98 Å². The van der Waals surface area contributed by atoms with E-state index in [9.17, 15) is 13.2 Å². The molecule has 0 fully saturated rings. The molecule has 1 heterocycles. The number of hydrogen-bond acceptors (Lipinski definition) is 3. The van der Waals surface area contributed by atoms with E-state index in [1.807, 2.05) is 0 Å². The molecule has 0 saturated carbocycles. The summed E-state index contributed by atoms with van der Waals surface area (Å²) < 4.78 is 28.1. The number of halogens is 2. The molecule has 2 rings (SSSR count). The zero-order valence-corrected chi connectivity index (χ0v) is 14.6. The largest absolute Gasteiger partial charge is 0.477 e. The molecule has 0 aliphatic heterocycles. The third-order valence-electron chi connectivity index (χ3n) is 2.59. The number of benzene rings is 1. The summed E-state index contributed by atoms with van der Waals surface area (Å²) in [5, 5.41) is 9.06. The molecule has 21 heavy (non-hydrogen) atoms. The number of rotatable bonds is 4. The Morgan fingerprint density at radius 1 is 1.29 bits per heavy atom. The summed E-state index contributed by atoms with van der Waals surface area (Å²) in [5.74, 6) is -1.24. The zero-order chi connectivity index (χ0) is 15.8. The van der Waals surface area contributed by atoms with E-state index in [0.717, 1.165) is 4.47 Å². The van der Waals surface area contributed by atoms with Crippen molar-refractivity contribution in [2.45, 2.75) is 11.8 Å². The van der Waals surface area contributed by atoms with Crippen LogP contribution in [0.4, 0.5) is 5.69 Å². The lowest BCUT2D eigenvalue weighted by Crippen LogP contribution is -2.15. The van der Waals surface area contributed by atoms with Gasteiger partial charge in [-0.1, -0.05) is 15.9 Å². The number of H-pyrrole nitrogens is 1. The summed E-state index contributed by atoms with van der Waals surface area (Å²) in [6.07, 6.45) is 0. The fraction of sp³-hybridized carbons (Fsp3) is 0.0833. The summed E-state index contributed by atoms with van der Waals surface area (Å²) >= 11 is 6.41. The SMILES string of the molecule is Cc1cc(NS(=O)(=O)c2ccc(Br)cc2Br)c(C(=O)O)[nH]1. The van der Waals surface area contributed by atoms with Crippen LogP contribution in [0.25, 0.3) is 0 Å². The monoisotopic (exact) mass is 436 g/mol. The lowest BCUT2D eigenvalue weighted by atomic mass is 10.4. The number of hydrogen-bond donors (Lipinski definition) is 3. The highest BCUT2D eigenvalue weighted by molar-refractivity contribution is 9.11. The summed E-state index contributed by atoms with van der Waals surface area (Å²) in [6.45, 7) is 1.64. The van der Waals surface area contributed by atoms with Crippen LogP contribution in [0.3, 0.4) is 0 Å². The Labute approximate surface area is 137 Å². The molecule has 0 unspecified atom stereocenters. The van der Waals surface area contributed by atoms with Crippen LogP contribution in [0.5, 0.6) is 0 Å². The Morgan fingerprint density at radius 3 is 2.52 bits per heavy atom. The van der Waals surface area contributed by atoms with Gasteiger partial charge in [0.15, 0.2) is 0 Å². The third-order valence-corrected chi connectivity index (χ3v) is 5.43. The fourth-order valence-electron chi connectivity index (χ4n) is 1.73. The Hall–Kier alpha value is -1.32. The van der Waals surface area contributed by atoms with Gasteiger partial charge in [-0.15, -0.1) is 0 Å². The van der Waals surface area contributed by atoms with Crippen LogP contribution in [0.2, 0.25) is 0 Å². The number of aromatic amines is 1. The fourth-order valence-corrected chi connectivity index (χ4v) is 4.54. The lowest BCUT2D eigenvalue weighted by molar-refractivity contribution is 0.0692. The zero-order valence-electron chi connectivity index (χ0n) is 10.6. The van der Waals surface area contributed by atoms with E-state index in [1.54, 1.807) is 19.1 Å². The van der Waals surface area contributed by atoms with Crippen molar-refractivity contribution in [2.75, 3.05) is 4.72 Å². The molecule has 0 aliphatic rings. The van der Waals surface area contributed by atoms with Crippen molar-refractivity contribution >= 4 is 53.5 Å². The van der Waals surface area contributed by atoms with Crippen LogP contribution in [0, 0.1) is 6.92 Å². The van der Waals surface area contributed by atoms with Crippen LogP contribution < -0.4 is 4.72 Å². The van der Waals surface area contributed by atoms with Crippen LogP contribution in [0.15, 0.2) is 38.1 Å². The first-order valence-corrected chi connectivity index (χ1v) is 8.68. The van der Waals surface area contributed by atoms with Crippen molar-refractivity contribution in [3.63, 3.8) is 0 Å². The predicted octanol–water partition coefficient (Wildman–Crippen LogP) is 3.35. The van der Waals surface area contributed by atoms with Gasteiger partial charge in [0.1, 0.15) is 10.6 Å². The molecule has 0 radical (unpaired) electrons. The molecule has 112 valence electrons. The van der Waals surface area contributed by atoms with Gasteiger partial charge in [-0.2, -0.15) is 0 Å². The van der Waals surface area contributed by atoms with E-state index in [1.165, 1.54) is 12.1 Å². The summed E-state index contributed by atoms with van der Waals surface area (Å²) in [5.41, 5.74) is 0.332. The van der Waals surface area contributed by atoms with E-state index < -0.39 is 16.0 Å². The van der Waals surface area contributed by atoms with Crippen molar-refractivity contribution in [3.05, 3.63) is 44.6 Å². The Morgan fingerprint density at radius 2 is 1.95 bits per heavy atom. The molecule has 0 aliphatic carbocycles. The van der Waals surface area contributed by atoms with Gasteiger partial charge < -0.3 is 10.1 Å². The van der Waals surface area contributed by atoms with Gasteiger partial charge in [-0.3, -0.25) is 4.72 Å². The second-order valence-electron chi connectivity index (χ2n) is 4.23. The maximum Gasteiger partial charge on any atom is 0.354 e. The molecule has 1 aromatic carbocycles. The minimum Gasteiger partial charge on any atom is -0.477 e. The molecule has 2 aromatic rings. The van der Waals surface area contributed by atoms with E-state index in [4.69, 9.17) is 5.11 Å². The van der Waals surface area contributed by atoms with Gasteiger partial charge >= 0.3 is 5.97 Å². The smallest absolute Gasteiger partial charge is 0.354 e. The Kier molecular flexibility index (Phi) is 4.45. The average molecular weight is 438 g/mol. The number of aromatic nitrogens is 1.